The average Bonchev–Trinajstić information content (AvgIpc) is 2.81. The lowest BCUT2D eigenvalue weighted by atomic mass is 10.3. The van der Waals surface area contributed by atoms with Gasteiger partial charge in [0, 0.05) is 38.6 Å². The van der Waals surface area contributed by atoms with Crippen LogP contribution in [0.5, 0.6) is 0 Å². The van der Waals surface area contributed by atoms with Gasteiger partial charge >= 0.3 is 0 Å². The highest BCUT2D eigenvalue weighted by Gasteiger charge is 2.29. The fraction of sp³-hybridized carbons (Fsp3) is 0.312. The molecular formula is C16H16Cl3N3O2S. The van der Waals surface area contributed by atoms with E-state index in [4.69, 9.17) is 34.8 Å². The minimum Gasteiger partial charge on any atom is -0.368 e. The molecule has 2 aromatic rings. The number of hydrogen-bond donors (Lipinski definition) is 0. The van der Waals surface area contributed by atoms with E-state index in [2.05, 4.69) is 4.98 Å². The summed E-state index contributed by atoms with van der Waals surface area (Å²) in [5.41, 5.74) is 0.690. The second-order valence-electron chi connectivity index (χ2n) is 5.63. The summed E-state index contributed by atoms with van der Waals surface area (Å²) in [6.07, 6.45) is 3.72. The lowest BCUT2D eigenvalue weighted by Crippen LogP contribution is -2.35. The topological polar surface area (TPSA) is 53.5 Å². The lowest BCUT2D eigenvalue weighted by Gasteiger charge is -2.25. The number of hydrogen-bond acceptors (Lipinski definition) is 4. The van der Waals surface area contributed by atoms with Crippen LogP contribution in [0.25, 0.3) is 0 Å². The number of pyridine rings is 1. The van der Waals surface area contributed by atoms with Gasteiger partial charge in [-0.2, -0.15) is 4.31 Å². The van der Waals surface area contributed by atoms with Gasteiger partial charge in [-0.05, 0) is 18.6 Å². The Labute approximate surface area is 162 Å². The largest absolute Gasteiger partial charge is 0.368 e. The number of sulfonamides is 1. The maximum Gasteiger partial charge on any atom is 0.244 e. The van der Waals surface area contributed by atoms with E-state index in [1.54, 1.807) is 18.2 Å². The van der Waals surface area contributed by atoms with E-state index in [9.17, 15) is 8.42 Å². The summed E-state index contributed by atoms with van der Waals surface area (Å²) in [4.78, 5) is 6.08. The third-order valence-corrected chi connectivity index (χ3v) is 7.01. The maximum absolute atomic E-state index is 12.9. The van der Waals surface area contributed by atoms with E-state index in [1.807, 2.05) is 4.90 Å². The highest BCUT2D eigenvalue weighted by atomic mass is 35.5. The summed E-state index contributed by atoms with van der Waals surface area (Å²) in [6, 6.07) is 6.48. The average molecular weight is 421 g/mol. The van der Waals surface area contributed by atoms with Gasteiger partial charge in [-0.15, -0.1) is 0 Å². The van der Waals surface area contributed by atoms with Crippen molar-refractivity contribution in [2.45, 2.75) is 11.3 Å². The van der Waals surface area contributed by atoms with Crippen molar-refractivity contribution in [1.29, 1.82) is 0 Å². The van der Waals surface area contributed by atoms with Gasteiger partial charge in [0.2, 0.25) is 10.0 Å². The predicted molar refractivity (Wildman–Crippen MR) is 101 cm³/mol. The second-order valence-corrected chi connectivity index (χ2v) is 8.75. The molecule has 0 spiro atoms. The third kappa shape index (κ3) is 3.88. The minimum absolute atomic E-state index is 0.130. The number of nitrogens with zero attached hydrogens (tertiary/aromatic N) is 3. The van der Waals surface area contributed by atoms with Crippen LogP contribution in [-0.2, 0) is 10.0 Å². The summed E-state index contributed by atoms with van der Waals surface area (Å²) >= 11 is 18.5. The first-order valence-electron chi connectivity index (χ1n) is 7.70. The molecule has 1 saturated heterocycles. The van der Waals surface area contributed by atoms with Crippen molar-refractivity contribution in [3.63, 3.8) is 0 Å². The van der Waals surface area contributed by atoms with E-state index in [1.165, 1.54) is 22.8 Å². The predicted octanol–water partition coefficient (Wildman–Crippen LogP) is 3.94. The first-order chi connectivity index (χ1) is 11.9. The zero-order valence-electron chi connectivity index (χ0n) is 13.2. The molecule has 1 aliphatic heterocycles. The Kier molecular flexibility index (Phi) is 5.75. The van der Waals surface area contributed by atoms with Crippen LogP contribution in [0.4, 0.5) is 5.69 Å². The van der Waals surface area contributed by atoms with Crippen molar-refractivity contribution in [3.8, 4) is 0 Å². The Morgan fingerprint density at radius 3 is 2.24 bits per heavy atom. The Morgan fingerprint density at radius 2 is 1.56 bits per heavy atom. The van der Waals surface area contributed by atoms with Crippen LogP contribution in [0.3, 0.4) is 0 Å². The Morgan fingerprint density at radius 1 is 0.880 bits per heavy atom. The van der Waals surface area contributed by atoms with Crippen molar-refractivity contribution in [3.05, 3.63) is 51.7 Å². The molecule has 1 aliphatic rings. The minimum atomic E-state index is -3.65. The van der Waals surface area contributed by atoms with Crippen LogP contribution in [0.1, 0.15) is 6.42 Å². The molecule has 0 atom stereocenters. The van der Waals surface area contributed by atoms with Crippen molar-refractivity contribution in [1.82, 2.24) is 9.29 Å². The number of aromatic nitrogens is 1. The summed E-state index contributed by atoms with van der Waals surface area (Å²) in [7, 11) is -3.65. The van der Waals surface area contributed by atoms with Crippen LogP contribution in [0.15, 0.2) is 41.6 Å². The van der Waals surface area contributed by atoms with Crippen molar-refractivity contribution in [2.75, 3.05) is 31.1 Å². The number of rotatable bonds is 3. The summed E-state index contributed by atoms with van der Waals surface area (Å²) in [5.74, 6) is 0. The van der Waals surface area contributed by atoms with E-state index in [0.29, 0.717) is 48.3 Å². The van der Waals surface area contributed by atoms with Gasteiger partial charge in [-0.3, -0.25) is 4.98 Å². The number of benzene rings is 1. The summed E-state index contributed by atoms with van der Waals surface area (Å²) < 4.78 is 27.3. The highest BCUT2D eigenvalue weighted by Crippen LogP contribution is 2.33. The molecule has 25 heavy (non-hydrogen) atoms. The van der Waals surface area contributed by atoms with Crippen LogP contribution in [0, 0.1) is 0 Å². The van der Waals surface area contributed by atoms with Gasteiger partial charge in [-0.25, -0.2) is 8.42 Å². The zero-order valence-corrected chi connectivity index (χ0v) is 16.3. The van der Waals surface area contributed by atoms with E-state index in [0.717, 1.165) is 0 Å². The van der Waals surface area contributed by atoms with Crippen LogP contribution in [-0.4, -0.2) is 43.9 Å². The maximum atomic E-state index is 12.9. The molecule has 134 valence electrons. The van der Waals surface area contributed by atoms with Crippen LogP contribution < -0.4 is 4.90 Å². The van der Waals surface area contributed by atoms with E-state index >= 15 is 0 Å². The highest BCUT2D eigenvalue weighted by molar-refractivity contribution is 7.89. The molecule has 3 rings (SSSR count). The molecule has 1 fully saturated rings. The van der Waals surface area contributed by atoms with Gasteiger partial charge in [-0.1, -0.05) is 46.9 Å². The van der Waals surface area contributed by atoms with Crippen LogP contribution in [0.2, 0.25) is 15.1 Å². The van der Waals surface area contributed by atoms with Gasteiger partial charge in [0.25, 0.3) is 0 Å². The second kappa shape index (κ2) is 7.68. The fourth-order valence-corrected chi connectivity index (χ4v) is 5.42. The van der Waals surface area contributed by atoms with E-state index < -0.39 is 10.0 Å². The molecule has 0 bridgehead atoms. The quantitative estimate of drug-likeness (QED) is 0.754. The first-order valence-corrected chi connectivity index (χ1v) is 10.3. The smallest absolute Gasteiger partial charge is 0.244 e. The first kappa shape index (κ1) is 18.7. The van der Waals surface area contributed by atoms with E-state index in [-0.39, 0.29) is 9.92 Å². The fourth-order valence-electron chi connectivity index (χ4n) is 2.86. The molecule has 5 nitrogen and oxygen atoms in total. The van der Waals surface area contributed by atoms with Gasteiger partial charge in [0.1, 0.15) is 4.90 Å². The molecule has 9 heteroatoms. The Balaban J connectivity index is 1.84. The third-order valence-electron chi connectivity index (χ3n) is 4.05. The summed E-state index contributed by atoms with van der Waals surface area (Å²) in [6.45, 7) is 1.86. The Hall–Kier alpha value is -1.05. The van der Waals surface area contributed by atoms with Crippen molar-refractivity contribution < 1.29 is 8.42 Å². The molecule has 2 heterocycles. The molecule has 0 amide bonds. The molecule has 0 radical (unpaired) electrons. The molecule has 0 unspecified atom stereocenters. The Bertz CT molecular complexity index is 856. The van der Waals surface area contributed by atoms with Gasteiger partial charge in [0.05, 0.1) is 20.8 Å². The monoisotopic (exact) mass is 419 g/mol. The number of halogens is 3. The lowest BCUT2D eigenvalue weighted by molar-refractivity contribution is 0.433. The molecule has 1 aromatic heterocycles. The van der Waals surface area contributed by atoms with Gasteiger partial charge < -0.3 is 4.90 Å². The van der Waals surface area contributed by atoms with Crippen LogP contribution >= 0.6 is 34.8 Å². The standard InChI is InChI=1S/C16H16Cl3N3O2S/c17-12-4-1-2-5-15(12)25(23,24)22-7-3-6-21(8-9-22)16-13(18)10-20-11-14(16)19/h1-2,4-5,10-11H,3,6-9H2. The molecule has 0 aliphatic carbocycles. The molecule has 0 N–H and O–H groups in total. The summed E-state index contributed by atoms with van der Waals surface area (Å²) in [5, 5.41) is 1.13. The molecule has 0 saturated carbocycles. The van der Waals surface area contributed by atoms with Crippen molar-refractivity contribution >= 4 is 50.5 Å². The molecule has 1 aromatic carbocycles. The van der Waals surface area contributed by atoms with Crippen molar-refractivity contribution in [2.24, 2.45) is 0 Å². The number of anilines is 1. The zero-order chi connectivity index (χ0) is 18.0. The van der Waals surface area contributed by atoms with Gasteiger partial charge in [0.15, 0.2) is 0 Å². The normalized spacial score (nSPS) is 16.7. The SMILES string of the molecule is O=S(=O)(c1ccccc1Cl)N1CCCN(c2c(Cl)cncc2Cl)CC1. The molecular weight excluding hydrogens is 405 g/mol.